The second-order valence-electron chi connectivity index (χ2n) is 2.34. The highest BCUT2D eigenvalue weighted by Crippen LogP contribution is 2.08. The minimum Gasteiger partial charge on any atom is -0.396 e. The van der Waals surface area contributed by atoms with E-state index in [1.54, 1.807) is 6.20 Å². The molecule has 1 heterocycles. The van der Waals surface area contributed by atoms with E-state index in [1.807, 2.05) is 25.1 Å². The van der Waals surface area contributed by atoms with Gasteiger partial charge in [-0.3, -0.25) is 4.98 Å². The van der Waals surface area contributed by atoms with Crippen molar-refractivity contribution in [1.82, 2.24) is 4.98 Å². The molecule has 0 fully saturated rings. The molecule has 0 radical (unpaired) electrons. The third kappa shape index (κ3) is 1.54. The highest BCUT2D eigenvalue weighted by Gasteiger charge is 2.01. The first-order valence-corrected chi connectivity index (χ1v) is 3.36. The van der Waals surface area contributed by atoms with Crippen molar-refractivity contribution < 1.29 is 5.11 Å². The quantitative estimate of drug-likeness (QED) is 0.664. The molecule has 0 spiro atoms. The zero-order valence-corrected chi connectivity index (χ0v) is 5.99. The Balaban J connectivity index is 2.75. The summed E-state index contributed by atoms with van der Waals surface area (Å²) >= 11 is 0. The molecule has 0 aromatic carbocycles. The molecule has 2 heteroatoms. The predicted octanol–water partition coefficient (Wildman–Crippen LogP) is 1.18. The molecular weight excluding hydrogens is 126 g/mol. The lowest BCUT2D eigenvalue weighted by molar-refractivity contribution is 0.271. The minimum atomic E-state index is 0.154. The predicted molar refractivity (Wildman–Crippen MR) is 39.7 cm³/mol. The maximum absolute atomic E-state index is 8.75. The van der Waals surface area contributed by atoms with E-state index in [0.717, 1.165) is 5.69 Å². The summed E-state index contributed by atoms with van der Waals surface area (Å²) in [6.45, 7) is 2.11. The molecule has 0 saturated heterocycles. The van der Waals surface area contributed by atoms with E-state index >= 15 is 0 Å². The average molecular weight is 137 g/mol. The van der Waals surface area contributed by atoms with Crippen LogP contribution < -0.4 is 0 Å². The molecule has 0 unspecified atom stereocenters. The van der Waals surface area contributed by atoms with Gasteiger partial charge in [0.25, 0.3) is 0 Å². The van der Waals surface area contributed by atoms with E-state index in [-0.39, 0.29) is 12.5 Å². The Labute approximate surface area is 60.5 Å². The van der Waals surface area contributed by atoms with Gasteiger partial charge in [-0.1, -0.05) is 13.0 Å². The van der Waals surface area contributed by atoms with E-state index in [4.69, 9.17) is 5.11 Å². The number of hydrogen-bond donors (Lipinski definition) is 1. The third-order valence-corrected chi connectivity index (χ3v) is 1.47. The number of aliphatic hydroxyl groups excluding tert-OH is 1. The number of nitrogens with zero attached hydrogens (tertiary/aromatic N) is 1. The van der Waals surface area contributed by atoms with Crippen LogP contribution in [0.1, 0.15) is 18.5 Å². The van der Waals surface area contributed by atoms with Gasteiger partial charge in [0.2, 0.25) is 0 Å². The lowest BCUT2D eigenvalue weighted by atomic mass is 10.1. The summed E-state index contributed by atoms with van der Waals surface area (Å²) in [4.78, 5) is 4.09. The Morgan fingerprint density at radius 1 is 1.60 bits per heavy atom. The summed E-state index contributed by atoms with van der Waals surface area (Å²) in [6, 6.07) is 5.71. The van der Waals surface area contributed by atoms with Crippen molar-refractivity contribution in [2.24, 2.45) is 0 Å². The fourth-order valence-electron chi connectivity index (χ4n) is 0.761. The van der Waals surface area contributed by atoms with Crippen molar-refractivity contribution >= 4 is 0 Å². The SMILES string of the molecule is C[C@H](CO)c1ccccn1. The zero-order chi connectivity index (χ0) is 7.40. The van der Waals surface area contributed by atoms with Crippen LogP contribution in [0.4, 0.5) is 0 Å². The number of hydrogen-bond acceptors (Lipinski definition) is 2. The molecule has 1 aromatic heterocycles. The van der Waals surface area contributed by atoms with Crippen LogP contribution in [0, 0.1) is 0 Å². The molecule has 0 aliphatic heterocycles. The molecular formula is C8H11NO. The fourth-order valence-corrected chi connectivity index (χ4v) is 0.761. The van der Waals surface area contributed by atoms with Crippen LogP contribution >= 0.6 is 0 Å². The maximum atomic E-state index is 8.75. The molecule has 2 nitrogen and oxygen atoms in total. The Hall–Kier alpha value is -0.890. The van der Waals surface area contributed by atoms with Gasteiger partial charge in [-0.15, -0.1) is 0 Å². The Bertz CT molecular complexity index is 186. The van der Waals surface area contributed by atoms with Crippen molar-refractivity contribution in [1.29, 1.82) is 0 Å². The van der Waals surface area contributed by atoms with E-state index in [1.165, 1.54) is 0 Å². The molecule has 1 rings (SSSR count). The Morgan fingerprint density at radius 2 is 2.40 bits per heavy atom. The third-order valence-electron chi connectivity index (χ3n) is 1.47. The van der Waals surface area contributed by atoms with Crippen LogP contribution in [0.15, 0.2) is 24.4 Å². The monoisotopic (exact) mass is 137 g/mol. The molecule has 1 aromatic rings. The van der Waals surface area contributed by atoms with Gasteiger partial charge in [0, 0.05) is 17.8 Å². The van der Waals surface area contributed by atoms with E-state index < -0.39 is 0 Å². The van der Waals surface area contributed by atoms with E-state index in [0.29, 0.717) is 0 Å². The molecule has 0 amide bonds. The number of aromatic nitrogens is 1. The Morgan fingerprint density at radius 3 is 2.90 bits per heavy atom. The molecule has 0 aliphatic carbocycles. The van der Waals surface area contributed by atoms with Crippen LogP contribution in [0.2, 0.25) is 0 Å². The zero-order valence-electron chi connectivity index (χ0n) is 5.99. The van der Waals surface area contributed by atoms with Gasteiger partial charge in [-0.05, 0) is 12.1 Å². The highest BCUT2D eigenvalue weighted by atomic mass is 16.3. The van der Waals surface area contributed by atoms with Gasteiger partial charge in [0.1, 0.15) is 0 Å². The number of aliphatic hydroxyl groups is 1. The van der Waals surface area contributed by atoms with Gasteiger partial charge in [0.15, 0.2) is 0 Å². The highest BCUT2D eigenvalue weighted by molar-refractivity contribution is 5.07. The molecule has 0 aliphatic rings. The largest absolute Gasteiger partial charge is 0.396 e. The van der Waals surface area contributed by atoms with E-state index in [9.17, 15) is 0 Å². The summed E-state index contributed by atoms with van der Waals surface area (Å²) < 4.78 is 0. The van der Waals surface area contributed by atoms with Crippen LogP contribution in [0.3, 0.4) is 0 Å². The van der Waals surface area contributed by atoms with Crippen molar-refractivity contribution in [3.63, 3.8) is 0 Å². The van der Waals surface area contributed by atoms with Crippen molar-refractivity contribution in [2.75, 3.05) is 6.61 Å². The van der Waals surface area contributed by atoms with Crippen LogP contribution in [-0.2, 0) is 0 Å². The van der Waals surface area contributed by atoms with Crippen molar-refractivity contribution in [3.05, 3.63) is 30.1 Å². The number of rotatable bonds is 2. The minimum absolute atomic E-state index is 0.154. The van der Waals surface area contributed by atoms with Gasteiger partial charge in [0.05, 0.1) is 6.61 Å². The van der Waals surface area contributed by atoms with Crippen LogP contribution in [0.25, 0.3) is 0 Å². The average Bonchev–Trinajstić information content (AvgIpc) is 2.05. The second kappa shape index (κ2) is 3.32. The fraction of sp³-hybridized carbons (Fsp3) is 0.375. The maximum Gasteiger partial charge on any atom is 0.0512 e. The normalized spacial score (nSPS) is 13.0. The first-order chi connectivity index (χ1) is 4.84. The number of pyridine rings is 1. The lowest BCUT2D eigenvalue weighted by Gasteiger charge is -2.04. The molecule has 1 N–H and O–H groups in total. The molecule has 1 atom stereocenters. The lowest BCUT2D eigenvalue weighted by Crippen LogP contribution is -2.00. The summed E-state index contributed by atoms with van der Waals surface area (Å²) in [5.74, 6) is 0.154. The summed E-state index contributed by atoms with van der Waals surface area (Å²) in [7, 11) is 0. The van der Waals surface area contributed by atoms with E-state index in [2.05, 4.69) is 4.98 Å². The summed E-state index contributed by atoms with van der Waals surface area (Å²) in [6.07, 6.45) is 1.74. The molecule has 0 saturated carbocycles. The van der Waals surface area contributed by atoms with Gasteiger partial charge < -0.3 is 5.11 Å². The van der Waals surface area contributed by atoms with Gasteiger partial charge in [-0.25, -0.2) is 0 Å². The first kappa shape index (κ1) is 7.22. The topological polar surface area (TPSA) is 33.1 Å². The standard InChI is InChI=1S/C8H11NO/c1-7(6-10)8-4-2-3-5-9-8/h2-5,7,10H,6H2,1H3/t7-/m1/s1. The van der Waals surface area contributed by atoms with Crippen molar-refractivity contribution in [3.8, 4) is 0 Å². The van der Waals surface area contributed by atoms with Gasteiger partial charge in [-0.2, -0.15) is 0 Å². The van der Waals surface area contributed by atoms with Crippen LogP contribution in [-0.4, -0.2) is 16.7 Å². The summed E-state index contributed by atoms with van der Waals surface area (Å²) in [5.41, 5.74) is 0.949. The molecule has 10 heavy (non-hydrogen) atoms. The second-order valence-corrected chi connectivity index (χ2v) is 2.34. The smallest absolute Gasteiger partial charge is 0.0512 e. The molecule has 54 valence electrons. The van der Waals surface area contributed by atoms with Crippen LogP contribution in [0.5, 0.6) is 0 Å². The first-order valence-electron chi connectivity index (χ1n) is 3.36. The summed E-state index contributed by atoms with van der Waals surface area (Å²) in [5, 5.41) is 8.75. The van der Waals surface area contributed by atoms with Crippen molar-refractivity contribution in [2.45, 2.75) is 12.8 Å². The molecule has 0 bridgehead atoms. The Kier molecular flexibility index (Phi) is 2.40. The van der Waals surface area contributed by atoms with Gasteiger partial charge >= 0.3 is 0 Å².